The van der Waals surface area contributed by atoms with Crippen LogP contribution < -0.4 is 5.32 Å². The van der Waals surface area contributed by atoms with Crippen LogP contribution in [-0.4, -0.2) is 69.5 Å². The van der Waals surface area contributed by atoms with Crippen LogP contribution in [-0.2, 0) is 19.1 Å². The Kier molecular flexibility index (Phi) is 3.99. The molecule has 3 fully saturated rings. The van der Waals surface area contributed by atoms with E-state index in [1.807, 2.05) is 6.92 Å². The van der Waals surface area contributed by atoms with Gasteiger partial charge < -0.3 is 15.0 Å². The molecule has 3 rings (SSSR count). The summed E-state index contributed by atoms with van der Waals surface area (Å²) in [5, 5.41) is 2.52. The summed E-state index contributed by atoms with van der Waals surface area (Å²) in [6, 6.07) is -1.14. The summed E-state index contributed by atoms with van der Waals surface area (Å²) in [7, 11) is 0. The highest BCUT2D eigenvalue weighted by Gasteiger charge is 2.53. The summed E-state index contributed by atoms with van der Waals surface area (Å²) >= 11 is 1.56. The second-order valence-corrected chi connectivity index (χ2v) is 7.57. The normalized spacial score (nSPS) is 31.1. The van der Waals surface area contributed by atoms with Crippen molar-refractivity contribution < 1.29 is 23.9 Å². The summed E-state index contributed by atoms with van der Waals surface area (Å²) in [6.45, 7) is 4.05. The average molecular weight is 341 g/mol. The Hall–Kier alpha value is -1.77. The van der Waals surface area contributed by atoms with Gasteiger partial charge in [0, 0.05) is 25.3 Å². The molecule has 9 heteroatoms. The van der Waals surface area contributed by atoms with Gasteiger partial charge in [-0.3, -0.25) is 14.5 Å². The van der Waals surface area contributed by atoms with Gasteiger partial charge in [-0.15, -0.1) is 11.8 Å². The highest BCUT2D eigenvalue weighted by atomic mass is 32.2. The number of nitrogens with zero attached hydrogens (tertiary/aromatic N) is 2. The van der Waals surface area contributed by atoms with E-state index in [9.17, 15) is 19.2 Å². The third-order valence-corrected chi connectivity index (χ3v) is 5.99. The minimum absolute atomic E-state index is 0.0580. The predicted octanol–water partition coefficient (Wildman–Crippen LogP) is -0.0761. The zero-order chi connectivity index (χ0) is 16.8. The molecule has 0 bridgehead atoms. The number of carbonyl (C=O) groups is 4. The van der Waals surface area contributed by atoms with Gasteiger partial charge in [0.1, 0.15) is 6.04 Å². The van der Waals surface area contributed by atoms with Crippen LogP contribution in [0.15, 0.2) is 0 Å². The maximum atomic E-state index is 12.4. The zero-order valence-corrected chi connectivity index (χ0v) is 13.9. The molecule has 0 unspecified atom stereocenters. The van der Waals surface area contributed by atoms with Crippen molar-refractivity contribution >= 4 is 35.6 Å². The maximum absolute atomic E-state index is 12.4. The Morgan fingerprint density at radius 3 is 2.83 bits per heavy atom. The highest BCUT2D eigenvalue weighted by molar-refractivity contribution is 8.01. The van der Waals surface area contributed by atoms with Gasteiger partial charge in [-0.05, 0) is 20.3 Å². The summed E-state index contributed by atoms with van der Waals surface area (Å²) in [6.07, 6.45) is 0.0826. The van der Waals surface area contributed by atoms with Crippen molar-refractivity contribution in [2.75, 3.05) is 18.8 Å². The number of esters is 1. The molecule has 0 aromatic carbocycles. The molecule has 0 aromatic heterocycles. The number of rotatable bonds is 3. The van der Waals surface area contributed by atoms with Gasteiger partial charge in [-0.2, -0.15) is 0 Å². The van der Waals surface area contributed by atoms with Crippen LogP contribution in [0, 0.1) is 0 Å². The topological polar surface area (TPSA) is 96.0 Å². The molecule has 3 aliphatic rings. The standard InChI is InChI=1S/C14H19N3O5S/c1-8(11(19)16-6-5-15-13(16)21)22-12(20)9-7-23-14(2)4-3-10(18)17(9)14/h8-9H,3-7H2,1-2H3,(H,15,21)/t8-,9-,14-/m0/s1. The minimum atomic E-state index is -1.05. The Morgan fingerprint density at radius 2 is 2.17 bits per heavy atom. The lowest BCUT2D eigenvalue weighted by Gasteiger charge is -2.30. The van der Waals surface area contributed by atoms with E-state index in [0.717, 1.165) is 4.90 Å². The Bertz CT molecular complexity index is 583. The molecule has 0 radical (unpaired) electrons. The second kappa shape index (κ2) is 5.70. The maximum Gasteiger partial charge on any atom is 0.330 e. The van der Waals surface area contributed by atoms with Crippen LogP contribution in [0.3, 0.4) is 0 Å². The van der Waals surface area contributed by atoms with E-state index in [0.29, 0.717) is 25.1 Å². The van der Waals surface area contributed by atoms with Crippen molar-refractivity contribution in [1.29, 1.82) is 0 Å². The number of imide groups is 1. The lowest BCUT2D eigenvalue weighted by Crippen LogP contribution is -2.49. The molecule has 0 spiro atoms. The number of fused-ring (bicyclic) bond motifs is 1. The fraction of sp³-hybridized carbons (Fsp3) is 0.714. The number of urea groups is 1. The van der Waals surface area contributed by atoms with Crippen molar-refractivity contribution in [2.24, 2.45) is 0 Å². The van der Waals surface area contributed by atoms with Gasteiger partial charge >= 0.3 is 12.0 Å². The van der Waals surface area contributed by atoms with Crippen LogP contribution in [0.1, 0.15) is 26.7 Å². The lowest BCUT2D eigenvalue weighted by atomic mass is 10.2. The highest BCUT2D eigenvalue weighted by Crippen LogP contribution is 2.47. The number of hydrogen-bond donors (Lipinski definition) is 1. The molecule has 126 valence electrons. The third-order valence-electron chi connectivity index (χ3n) is 4.48. The first-order chi connectivity index (χ1) is 10.8. The second-order valence-electron chi connectivity index (χ2n) is 6.07. The van der Waals surface area contributed by atoms with Gasteiger partial charge in [0.25, 0.3) is 5.91 Å². The SMILES string of the molecule is C[C@H](OC(=O)[C@@H]1CS[C@@]2(C)CCC(=O)N12)C(=O)N1CCNC1=O. The quantitative estimate of drug-likeness (QED) is 0.722. The molecule has 3 aliphatic heterocycles. The Morgan fingerprint density at radius 1 is 1.43 bits per heavy atom. The molecular formula is C14H19N3O5S. The summed E-state index contributed by atoms with van der Waals surface area (Å²) in [4.78, 5) is 50.3. The van der Waals surface area contributed by atoms with Crippen molar-refractivity contribution in [3.63, 3.8) is 0 Å². The average Bonchev–Trinajstić information content (AvgIpc) is 3.14. The molecule has 0 aliphatic carbocycles. The van der Waals surface area contributed by atoms with Crippen LogP contribution in [0.4, 0.5) is 4.79 Å². The van der Waals surface area contributed by atoms with Crippen molar-refractivity contribution in [2.45, 2.75) is 43.7 Å². The van der Waals surface area contributed by atoms with E-state index in [-0.39, 0.29) is 17.3 Å². The van der Waals surface area contributed by atoms with Crippen LogP contribution in [0.5, 0.6) is 0 Å². The van der Waals surface area contributed by atoms with Gasteiger partial charge in [-0.1, -0.05) is 0 Å². The number of hydrogen-bond acceptors (Lipinski definition) is 6. The molecule has 0 saturated carbocycles. The van der Waals surface area contributed by atoms with Crippen molar-refractivity contribution in [3.8, 4) is 0 Å². The summed E-state index contributed by atoms with van der Waals surface area (Å²) in [5.74, 6) is -0.726. The van der Waals surface area contributed by atoms with E-state index >= 15 is 0 Å². The van der Waals surface area contributed by atoms with E-state index < -0.39 is 30.1 Å². The largest absolute Gasteiger partial charge is 0.451 e. The Labute approximate surface area is 137 Å². The molecule has 3 atom stereocenters. The van der Waals surface area contributed by atoms with Gasteiger partial charge in [-0.25, -0.2) is 9.59 Å². The number of amides is 4. The minimum Gasteiger partial charge on any atom is -0.451 e. The van der Waals surface area contributed by atoms with E-state index in [2.05, 4.69) is 5.32 Å². The fourth-order valence-electron chi connectivity index (χ4n) is 3.20. The van der Waals surface area contributed by atoms with Gasteiger partial charge in [0.15, 0.2) is 6.10 Å². The first-order valence-electron chi connectivity index (χ1n) is 7.59. The third kappa shape index (κ3) is 2.66. The fourth-order valence-corrected chi connectivity index (χ4v) is 4.62. The van der Waals surface area contributed by atoms with Crippen LogP contribution in [0.25, 0.3) is 0 Å². The molecule has 1 N–H and O–H groups in total. The summed E-state index contributed by atoms with van der Waals surface area (Å²) in [5.41, 5.74) is 0. The molecule has 23 heavy (non-hydrogen) atoms. The number of thioether (sulfide) groups is 1. The monoisotopic (exact) mass is 341 g/mol. The summed E-state index contributed by atoms with van der Waals surface area (Å²) < 4.78 is 5.24. The first kappa shape index (κ1) is 16.1. The molecule has 4 amide bonds. The molecule has 0 aromatic rings. The Balaban J connectivity index is 1.64. The van der Waals surface area contributed by atoms with Crippen molar-refractivity contribution in [1.82, 2.24) is 15.1 Å². The van der Waals surface area contributed by atoms with Crippen LogP contribution in [0.2, 0.25) is 0 Å². The number of nitrogens with one attached hydrogen (secondary N) is 1. The van der Waals surface area contributed by atoms with Crippen molar-refractivity contribution in [3.05, 3.63) is 0 Å². The van der Waals surface area contributed by atoms with E-state index in [1.165, 1.54) is 6.92 Å². The van der Waals surface area contributed by atoms with Gasteiger partial charge in [0.05, 0.1) is 4.87 Å². The smallest absolute Gasteiger partial charge is 0.330 e. The zero-order valence-electron chi connectivity index (χ0n) is 13.0. The van der Waals surface area contributed by atoms with Crippen LogP contribution >= 0.6 is 11.8 Å². The van der Waals surface area contributed by atoms with E-state index in [4.69, 9.17) is 4.74 Å². The molecular weight excluding hydrogens is 322 g/mol. The lowest BCUT2D eigenvalue weighted by molar-refractivity contribution is -0.163. The molecule has 3 saturated heterocycles. The van der Waals surface area contributed by atoms with Gasteiger partial charge in [0.2, 0.25) is 5.91 Å². The number of carbonyl (C=O) groups excluding carboxylic acids is 4. The number of ether oxygens (including phenoxy) is 1. The van der Waals surface area contributed by atoms with E-state index in [1.54, 1.807) is 16.7 Å². The first-order valence-corrected chi connectivity index (χ1v) is 8.58. The molecule has 8 nitrogen and oxygen atoms in total. The molecule has 3 heterocycles. The predicted molar refractivity (Wildman–Crippen MR) is 81.4 cm³/mol.